The van der Waals surface area contributed by atoms with Crippen LogP contribution in [0.1, 0.15) is 25.7 Å². The fraction of sp³-hybridized carbons (Fsp3) is 0.700. The van der Waals surface area contributed by atoms with E-state index in [1.807, 2.05) is 0 Å². The van der Waals surface area contributed by atoms with Gasteiger partial charge in [0.1, 0.15) is 0 Å². The highest BCUT2D eigenvalue weighted by Crippen LogP contribution is 2.35. The third-order valence-electron chi connectivity index (χ3n) is 3.07. The average Bonchev–Trinajstić information content (AvgIpc) is 2.37. The summed E-state index contributed by atoms with van der Waals surface area (Å²) in [5, 5.41) is 9.47. The Bertz CT molecular complexity index is 255. The topological polar surface area (TPSA) is 40.5 Å². The summed E-state index contributed by atoms with van der Waals surface area (Å²) in [6, 6.07) is 0.384. The minimum Gasteiger partial charge on any atom is -0.393 e. The molecular weight excluding hydrogens is 166 g/mol. The van der Waals surface area contributed by atoms with E-state index < -0.39 is 0 Å². The highest BCUT2D eigenvalue weighted by atomic mass is 16.3. The number of hydrogen-bond acceptors (Lipinski definition) is 2. The van der Waals surface area contributed by atoms with Crippen molar-refractivity contribution in [3.8, 4) is 12.3 Å². The van der Waals surface area contributed by atoms with E-state index in [4.69, 9.17) is 6.42 Å². The fourth-order valence-electron chi connectivity index (χ4n) is 2.55. The van der Waals surface area contributed by atoms with Crippen LogP contribution in [0.3, 0.4) is 0 Å². The van der Waals surface area contributed by atoms with Gasteiger partial charge in [0.25, 0.3) is 5.91 Å². The van der Waals surface area contributed by atoms with Crippen LogP contribution in [0.15, 0.2) is 0 Å². The number of hydrogen-bond donors (Lipinski definition) is 1. The molecule has 70 valence electrons. The lowest BCUT2D eigenvalue weighted by Gasteiger charge is -2.35. The number of nitrogens with zero attached hydrogens (tertiary/aromatic N) is 1. The van der Waals surface area contributed by atoms with Gasteiger partial charge < -0.3 is 10.0 Å². The van der Waals surface area contributed by atoms with Gasteiger partial charge in [-0.2, -0.15) is 0 Å². The number of rotatable bonds is 0. The third-order valence-corrected chi connectivity index (χ3v) is 3.07. The lowest BCUT2D eigenvalue weighted by molar-refractivity contribution is -0.131. The Morgan fingerprint density at radius 2 is 1.92 bits per heavy atom. The minimum atomic E-state index is -0.237. The van der Waals surface area contributed by atoms with Crippen molar-refractivity contribution >= 4 is 5.91 Å². The van der Waals surface area contributed by atoms with E-state index in [1.54, 1.807) is 4.90 Å². The maximum absolute atomic E-state index is 11.3. The maximum Gasteiger partial charge on any atom is 0.298 e. The quantitative estimate of drug-likeness (QED) is 0.537. The molecule has 2 aliphatic heterocycles. The van der Waals surface area contributed by atoms with Crippen LogP contribution in [0.2, 0.25) is 0 Å². The van der Waals surface area contributed by atoms with Gasteiger partial charge in [0.05, 0.1) is 6.10 Å². The predicted molar refractivity (Wildman–Crippen MR) is 47.7 cm³/mol. The number of aliphatic hydroxyl groups is 1. The second kappa shape index (κ2) is 3.04. The Balaban J connectivity index is 2.16. The van der Waals surface area contributed by atoms with Crippen molar-refractivity contribution in [3.05, 3.63) is 0 Å². The summed E-state index contributed by atoms with van der Waals surface area (Å²) in [6.07, 6.45) is 8.24. The van der Waals surface area contributed by atoms with E-state index in [1.165, 1.54) is 0 Å². The molecule has 2 saturated heterocycles. The highest BCUT2D eigenvalue weighted by molar-refractivity contribution is 5.93. The number of amides is 1. The largest absolute Gasteiger partial charge is 0.393 e. The Labute approximate surface area is 77.7 Å². The van der Waals surface area contributed by atoms with E-state index in [9.17, 15) is 9.90 Å². The normalized spacial score (nSPS) is 37.2. The van der Waals surface area contributed by atoms with Crippen LogP contribution in [0.4, 0.5) is 0 Å². The molecule has 0 aromatic carbocycles. The summed E-state index contributed by atoms with van der Waals surface area (Å²) in [5.41, 5.74) is 0. The first-order valence-corrected chi connectivity index (χ1v) is 4.69. The van der Waals surface area contributed by atoms with Crippen molar-refractivity contribution in [2.24, 2.45) is 0 Å². The predicted octanol–water partition coefficient (Wildman–Crippen LogP) is 0.134. The summed E-state index contributed by atoms with van der Waals surface area (Å²) in [6.45, 7) is 0. The molecule has 0 saturated carbocycles. The summed E-state index contributed by atoms with van der Waals surface area (Å²) >= 11 is 0. The molecule has 0 radical (unpaired) electrons. The van der Waals surface area contributed by atoms with Gasteiger partial charge in [-0.1, -0.05) is 0 Å². The molecule has 2 bridgehead atoms. The van der Waals surface area contributed by atoms with Crippen molar-refractivity contribution in [2.45, 2.75) is 43.9 Å². The van der Waals surface area contributed by atoms with Crippen LogP contribution in [-0.4, -0.2) is 34.1 Å². The Hall–Kier alpha value is -1.01. The van der Waals surface area contributed by atoms with Gasteiger partial charge in [-0.15, -0.1) is 6.42 Å². The van der Waals surface area contributed by atoms with Crippen molar-refractivity contribution in [3.63, 3.8) is 0 Å². The molecule has 0 aliphatic carbocycles. The smallest absolute Gasteiger partial charge is 0.298 e. The van der Waals surface area contributed by atoms with Crippen LogP contribution in [0.5, 0.6) is 0 Å². The average molecular weight is 179 g/mol. The molecule has 0 spiro atoms. The SMILES string of the molecule is C#CC(=O)N1C2CCC1CC(O)C2. The second-order valence-electron chi connectivity index (χ2n) is 3.87. The number of carbonyl (C=O) groups is 1. The van der Waals surface area contributed by atoms with Crippen molar-refractivity contribution < 1.29 is 9.90 Å². The Morgan fingerprint density at radius 3 is 2.38 bits per heavy atom. The summed E-state index contributed by atoms with van der Waals surface area (Å²) in [5.74, 6) is 1.95. The zero-order chi connectivity index (χ0) is 9.42. The summed E-state index contributed by atoms with van der Waals surface area (Å²) < 4.78 is 0. The van der Waals surface area contributed by atoms with Gasteiger partial charge in [0.2, 0.25) is 0 Å². The first-order chi connectivity index (χ1) is 6.22. The molecule has 2 heterocycles. The molecule has 2 aliphatic rings. The Kier molecular flexibility index (Phi) is 2.01. The van der Waals surface area contributed by atoms with E-state index in [2.05, 4.69) is 5.92 Å². The van der Waals surface area contributed by atoms with Gasteiger partial charge in [0.15, 0.2) is 0 Å². The lowest BCUT2D eigenvalue weighted by atomic mass is 10.00. The van der Waals surface area contributed by atoms with Crippen LogP contribution in [0, 0.1) is 12.3 Å². The number of fused-ring (bicyclic) bond motifs is 2. The van der Waals surface area contributed by atoms with Crippen molar-refractivity contribution in [2.75, 3.05) is 0 Å². The molecule has 3 heteroatoms. The number of terminal acetylenes is 1. The first kappa shape index (κ1) is 8.58. The molecular formula is C10H13NO2. The fourth-order valence-corrected chi connectivity index (χ4v) is 2.55. The van der Waals surface area contributed by atoms with Gasteiger partial charge in [-0.05, 0) is 31.6 Å². The number of aliphatic hydroxyl groups excluding tert-OH is 1. The molecule has 2 atom stereocenters. The number of carbonyl (C=O) groups excluding carboxylic acids is 1. The van der Waals surface area contributed by atoms with Gasteiger partial charge >= 0.3 is 0 Å². The molecule has 13 heavy (non-hydrogen) atoms. The number of piperidine rings is 1. The van der Waals surface area contributed by atoms with Gasteiger partial charge in [-0.25, -0.2) is 0 Å². The molecule has 1 amide bonds. The Morgan fingerprint density at radius 1 is 1.38 bits per heavy atom. The van der Waals surface area contributed by atoms with E-state index in [0.717, 1.165) is 12.8 Å². The van der Waals surface area contributed by atoms with Crippen LogP contribution in [-0.2, 0) is 4.79 Å². The van der Waals surface area contributed by atoms with E-state index >= 15 is 0 Å². The molecule has 1 N–H and O–H groups in total. The van der Waals surface area contributed by atoms with Crippen LogP contribution >= 0.6 is 0 Å². The molecule has 3 nitrogen and oxygen atoms in total. The minimum absolute atomic E-state index is 0.192. The maximum atomic E-state index is 11.3. The standard InChI is InChI=1S/C10H13NO2/c1-2-10(13)11-7-3-4-8(11)6-9(12)5-7/h1,7-9,12H,3-6H2. The highest BCUT2D eigenvalue weighted by Gasteiger charge is 2.42. The molecule has 2 rings (SSSR count). The lowest BCUT2D eigenvalue weighted by Crippen LogP contribution is -2.47. The van der Waals surface area contributed by atoms with E-state index in [0.29, 0.717) is 12.8 Å². The monoisotopic (exact) mass is 179 g/mol. The molecule has 2 fully saturated rings. The van der Waals surface area contributed by atoms with Gasteiger partial charge in [0, 0.05) is 12.1 Å². The first-order valence-electron chi connectivity index (χ1n) is 4.69. The molecule has 0 aromatic rings. The molecule has 0 aromatic heterocycles. The van der Waals surface area contributed by atoms with Crippen LogP contribution in [0.25, 0.3) is 0 Å². The summed E-state index contributed by atoms with van der Waals surface area (Å²) in [4.78, 5) is 13.1. The second-order valence-corrected chi connectivity index (χ2v) is 3.87. The zero-order valence-electron chi connectivity index (χ0n) is 7.44. The van der Waals surface area contributed by atoms with Gasteiger partial charge in [-0.3, -0.25) is 4.79 Å². The third kappa shape index (κ3) is 1.31. The van der Waals surface area contributed by atoms with Crippen LogP contribution < -0.4 is 0 Å². The summed E-state index contributed by atoms with van der Waals surface area (Å²) in [7, 11) is 0. The zero-order valence-corrected chi connectivity index (χ0v) is 7.44. The molecule has 2 unspecified atom stereocenters. The van der Waals surface area contributed by atoms with Crippen molar-refractivity contribution in [1.29, 1.82) is 0 Å². The van der Waals surface area contributed by atoms with E-state index in [-0.39, 0.29) is 24.1 Å². The van der Waals surface area contributed by atoms with Crippen molar-refractivity contribution in [1.82, 2.24) is 4.90 Å².